The van der Waals surface area contributed by atoms with Gasteiger partial charge in [-0.25, -0.2) is 0 Å². The number of likely N-dealkylation sites (tertiary alicyclic amines) is 1. The zero-order valence-corrected chi connectivity index (χ0v) is 9.18. The Morgan fingerprint density at radius 2 is 2.15 bits per heavy atom. The Balaban J connectivity index is 2.34. The summed E-state index contributed by atoms with van der Waals surface area (Å²) < 4.78 is 0. The van der Waals surface area contributed by atoms with Gasteiger partial charge in [0, 0.05) is 19.1 Å². The predicted octanol–water partition coefficient (Wildman–Crippen LogP) is 1.86. The third kappa shape index (κ3) is 3.65. The SMILES string of the molecule is CCC1CCCCCN1CCNC. The number of nitrogens with one attached hydrogen (secondary N) is 1. The van der Waals surface area contributed by atoms with Crippen LogP contribution in [0.2, 0.25) is 0 Å². The van der Waals surface area contributed by atoms with Gasteiger partial charge in [0.2, 0.25) is 0 Å². The van der Waals surface area contributed by atoms with Gasteiger partial charge in [0.1, 0.15) is 0 Å². The minimum Gasteiger partial charge on any atom is -0.318 e. The van der Waals surface area contributed by atoms with E-state index in [9.17, 15) is 0 Å². The lowest BCUT2D eigenvalue weighted by Gasteiger charge is -2.28. The summed E-state index contributed by atoms with van der Waals surface area (Å²) in [5, 5.41) is 3.24. The lowest BCUT2D eigenvalue weighted by atomic mass is 10.1. The standard InChI is InChI=1S/C11H24N2/c1-3-11-7-5-4-6-9-13(11)10-8-12-2/h11-12H,3-10H2,1-2H3. The van der Waals surface area contributed by atoms with Crippen molar-refractivity contribution in [1.29, 1.82) is 0 Å². The molecule has 0 aliphatic carbocycles. The highest BCUT2D eigenvalue weighted by Crippen LogP contribution is 2.18. The molecule has 1 N–H and O–H groups in total. The number of rotatable bonds is 4. The Morgan fingerprint density at radius 3 is 2.85 bits per heavy atom. The van der Waals surface area contributed by atoms with Gasteiger partial charge in [-0.15, -0.1) is 0 Å². The molecule has 0 spiro atoms. The van der Waals surface area contributed by atoms with E-state index in [2.05, 4.69) is 17.1 Å². The fourth-order valence-corrected chi connectivity index (χ4v) is 2.25. The van der Waals surface area contributed by atoms with Crippen LogP contribution >= 0.6 is 0 Å². The summed E-state index contributed by atoms with van der Waals surface area (Å²) in [7, 11) is 2.04. The molecule has 0 amide bonds. The van der Waals surface area contributed by atoms with Gasteiger partial charge in [0.15, 0.2) is 0 Å². The Kier molecular flexibility index (Phi) is 5.40. The first-order chi connectivity index (χ1) is 6.38. The first-order valence-corrected chi connectivity index (χ1v) is 5.77. The minimum atomic E-state index is 0.857. The maximum atomic E-state index is 3.24. The van der Waals surface area contributed by atoms with Gasteiger partial charge in [-0.3, -0.25) is 4.90 Å². The minimum absolute atomic E-state index is 0.857. The number of hydrogen-bond acceptors (Lipinski definition) is 2. The molecule has 1 saturated heterocycles. The maximum absolute atomic E-state index is 3.24. The predicted molar refractivity (Wildman–Crippen MR) is 58.0 cm³/mol. The van der Waals surface area contributed by atoms with Crippen LogP contribution in [0, 0.1) is 0 Å². The van der Waals surface area contributed by atoms with Crippen LogP contribution < -0.4 is 5.32 Å². The van der Waals surface area contributed by atoms with Gasteiger partial charge in [-0.05, 0) is 32.9 Å². The van der Waals surface area contributed by atoms with Crippen molar-refractivity contribution in [2.75, 3.05) is 26.7 Å². The summed E-state index contributed by atoms with van der Waals surface area (Å²) >= 11 is 0. The number of hydrogen-bond donors (Lipinski definition) is 1. The van der Waals surface area contributed by atoms with E-state index < -0.39 is 0 Å². The maximum Gasteiger partial charge on any atom is 0.0110 e. The summed E-state index contributed by atoms with van der Waals surface area (Å²) in [6.07, 6.45) is 7.02. The number of nitrogens with zero attached hydrogens (tertiary/aromatic N) is 1. The molecule has 1 rings (SSSR count). The molecule has 1 atom stereocenters. The smallest absolute Gasteiger partial charge is 0.0110 e. The Hall–Kier alpha value is -0.0800. The topological polar surface area (TPSA) is 15.3 Å². The van der Waals surface area contributed by atoms with E-state index in [-0.39, 0.29) is 0 Å². The van der Waals surface area contributed by atoms with Crippen LogP contribution in [0.1, 0.15) is 39.0 Å². The molecule has 2 heteroatoms. The van der Waals surface area contributed by atoms with E-state index in [1.807, 2.05) is 7.05 Å². The molecule has 2 nitrogen and oxygen atoms in total. The second-order valence-electron chi connectivity index (χ2n) is 4.05. The molecule has 0 aromatic heterocycles. The molecule has 0 aromatic carbocycles. The fraction of sp³-hybridized carbons (Fsp3) is 1.00. The van der Waals surface area contributed by atoms with Crippen molar-refractivity contribution >= 4 is 0 Å². The number of likely N-dealkylation sites (N-methyl/N-ethyl adjacent to an activating group) is 1. The van der Waals surface area contributed by atoms with Gasteiger partial charge in [-0.2, -0.15) is 0 Å². The van der Waals surface area contributed by atoms with Crippen LogP contribution in [0.5, 0.6) is 0 Å². The molecule has 78 valence electrons. The molecule has 1 fully saturated rings. The van der Waals surface area contributed by atoms with Crippen LogP contribution in [0.15, 0.2) is 0 Å². The van der Waals surface area contributed by atoms with Crippen molar-refractivity contribution in [3.63, 3.8) is 0 Å². The van der Waals surface area contributed by atoms with Crippen LogP contribution in [0.4, 0.5) is 0 Å². The molecule has 1 aliphatic heterocycles. The van der Waals surface area contributed by atoms with E-state index in [1.54, 1.807) is 0 Å². The molecular weight excluding hydrogens is 160 g/mol. The summed E-state index contributed by atoms with van der Waals surface area (Å²) in [5.74, 6) is 0. The molecule has 1 unspecified atom stereocenters. The molecular formula is C11H24N2. The Labute approximate surface area is 82.7 Å². The molecule has 13 heavy (non-hydrogen) atoms. The van der Waals surface area contributed by atoms with Crippen LogP contribution in [0.3, 0.4) is 0 Å². The normalized spacial score (nSPS) is 25.8. The fourth-order valence-electron chi connectivity index (χ4n) is 2.25. The van der Waals surface area contributed by atoms with E-state index in [0.29, 0.717) is 0 Å². The Bertz CT molecular complexity index is 125. The molecule has 0 radical (unpaired) electrons. The van der Waals surface area contributed by atoms with E-state index >= 15 is 0 Å². The lowest BCUT2D eigenvalue weighted by Crippen LogP contribution is -2.38. The molecule has 1 aliphatic rings. The second kappa shape index (κ2) is 6.39. The average Bonchev–Trinajstić information content (AvgIpc) is 2.39. The zero-order chi connectivity index (χ0) is 9.52. The molecule has 1 heterocycles. The molecule has 0 bridgehead atoms. The van der Waals surface area contributed by atoms with Crippen molar-refractivity contribution in [3.8, 4) is 0 Å². The molecule has 0 saturated carbocycles. The second-order valence-corrected chi connectivity index (χ2v) is 4.05. The van der Waals surface area contributed by atoms with E-state index in [1.165, 1.54) is 45.2 Å². The van der Waals surface area contributed by atoms with Gasteiger partial charge in [0.05, 0.1) is 0 Å². The summed E-state index contributed by atoms with van der Waals surface area (Å²) in [6.45, 7) is 6.01. The Morgan fingerprint density at radius 1 is 1.31 bits per heavy atom. The van der Waals surface area contributed by atoms with Crippen LogP contribution in [0.25, 0.3) is 0 Å². The van der Waals surface area contributed by atoms with Gasteiger partial charge in [-0.1, -0.05) is 19.8 Å². The van der Waals surface area contributed by atoms with Crippen molar-refractivity contribution in [2.24, 2.45) is 0 Å². The van der Waals surface area contributed by atoms with Crippen LogP contribution in [-0.4, -0.2) is 37.6 Å². The highest BCUT2D eigenvalue weighted by Gasteiger charge is 2.17. The highest BCUT2D eigenvalue weighted by molar-refractivity contribution is 4.74. The van der Waals surface area contributed by atoms with Crippen LogP contribution in [-0.2, 0) is 0 Å². The molecule has 0 aromatic rings. The first-order valence-electron chi connectivity index (χ1n) is 5.77. The van der Waals surface area contributed by atoms with E-state index in [4.69, 9.17) is 0 Å². The zero-order valence-electron chi connectivity index (χ0n) is 9.18. The van der Waals surface area contributed by atoms with E-state index in [0.717, 1.165) is 12.6 Å². The van der Waals surface area contributed by atoms with Gasteiger partial charge in [0.25, 0.3) is 0 Å². The van der Waals surface area contributed by atoms with Crippen molar-refractivity contribution < 1.29 is 0 Å². The van der Waals surface area contributed by atoms with Gasteiger partial charge >= 0.3 is 0 Å². The third-order valence-electron chi connectivity index (χ3n) is 3.12. The monoisotopic (exact) mass is 184 g/mol. The summed E-state index contributed by atoms with van der Waals surface area (Å²) in [4.78, 5) is 2.67. The van der Waals surface area contributed by atoms with Crippen molar-refractivity contribution in [2.45, 2.75) is 45.1 Å². The lowest BCUT2D eigenvalue weighted by molar-refractivity contribution is 0.196. The average molecular weight is 184 g/mol. The highest BCUT2D eigenvalue weighted by atomic mass is 15.2. The third-order valence-corrected chi connectivity index (χ3v) is 3.12. The van der Waals surface area contributed by atoms with Crippen molar-refractivity contribution in [3.05, 3.63) is 0 Å². The van der Waals surface area contributed by atoms with Gasteiger partial charge < -0.3 is 5.32 Å². The summed E-state index contributed by atoms with van der Waals surface area (Å²) in [6, 6.07) is 0.857. The summed E-state index contributed by atoms with van der Waals surface area (Å²) in [5.41, 5.74) is 0. The largest absolute Gasteiger partial charge is 0.318 e. The first kappa shape index (κ1) is 11.0. The quantitative estimate of drug-likeness (QED) is 0.717. The van der Waals surface area contributed by atoms with Crippen molar-refractivity contribution in [1.82, 2.24) is 10.2 Å².